The van der Waals surface area contributed by atoms with Crippen molar-refractivity contribution in [3.05, 3.63) is 11.6 Å². The molecule has 1 aliphatic rings. The Labute approximate surface area is 110 Å². The van der Waals surface area contributed by atoms with Gasteiger partial charge in [0.15, 0.2) is 0 Å². The number of amides is 1. The van der Waals surface area contributed by atoms with E-state index in [1.54, 1.807) is 39.3 Å². The number of esters is 1. The summed E-state index contributed by atoms with van der Waals surface area (Å²) in [6.45, 7) is 7.18. The molecule has 1 unspecified atom stereocenters. The standard InChI is InChI=1S/C11H18N2O4S/c1-5-16-8(14)11(12-6-7-18-11)13-9(15)17-10(2,3)4/h6-7,12H,5H2,1-4H3,(H,13,15). The van der Waals surface area contributed by atoms with Crippen LogP contribution in [0.1, 0.15) is 27.7 Å². The van der Waals surface area contributed by atoms with Crippen molar-refractivity contribution in [2.24, 2.45) is 0 Å². The molecular weight excluding hydrogens is 256 g/mol. The maximum atomic E-state index is 11.9. The van der Waals surface area contributed by atoms with E-state index in [0.29, 0.717) is 0 Å². The van der Waals surface area contributed by atoms with Gasteiger partial charge in [0.1, 0.15) is 5.60 Å². The number of carbonyl (C=O) groups is 2. The van der Waals surface area contributed by atoms with Gasteiger partial charge in [-0.05, 0) is 33.1 Å². The smallest absolute Gasteiger partial charge is 0.410 e. The minimum absolute atomic E-state index is 0.235. The van der Waals surface area contributed by atoms with Crippen LogP contribution < -0.4 is 10.6 Å². The molecule has 1 amide bonds. The van der Waals surface area contributed by atoms with E-state index in [1.807, 2.05) is 0 Å². The third-order valence-electron chi connectivity index (χ3n) is 1.84. The van der Waals surface area contributed by atoms with Crippen LogP contribution in [0.3, 0.4) is 0 Å². The van der Waals surface area contributed by atoms with Crippen LogP contribution in [-0.4, -0.2) is 29.3 Å². The number of thioether (sulfide) groups is 1. The lowest BCUT2D eigenvalue weighted by Crippen LogP contribution is -2.59. The molecule has 2 N–H and O–H groups in total. The van der Waals surface area contributed by atoms with E-state index in [9.17, 15) is 9.59 Å². The SMILES string of the molecule is CCOC(=O)C1(NC(=O)OC(C)(C)C)NC=CS1. The Kier molecular flexibility index (Phi) is 4.50. The van der Waals surface area contributed by atoms with E-state index >= 15 is 0 Å². The molecule has 1 atom stereocenters. The lowest BCUT2D eigenvalue weighted by atomic mass is 10.2. The van der Waals surface area contributed by atoms with Gasteiger partial charge in [-0.2, -0.15) is 0 Å². The third-order valence-corrected chi connectivity index (χ3v) is 2.85. The number of alkyl carbamates (subject to hydrolysis) is 1. The summed E-state index contributed by atoms with van der Waals surface area (Å²) in [6.07, 6.45) is 0.887. The summed E-state index contributed by atoms with van der Waals surface area (Å²) < 4.78 is 10.0. The molecule has 0 saturated heterocycles. The van der Waals surface area contributed by atoms with Crippen LogP contribution in [0.4, 0.5) is 4.79 Å². The average molecular weight is 274 g/mol. The van der Waals surface area contributed by atoms with Crippen LogP contribution in [0.2, 0.25) is 0 Å². The van der Waals surface area contributed by atoms with Crippen LogP contribution in [0, 0.1) is 0 Å². The first kappa shape index (κ1) is 14.7. The summed E-state index contributed by atoms with van der Waals surface area (Å²) in [6, 6.07) is 0. The van der Waals surface area contributed by atoms with E-state index < -0.39 is 22.7 Å². The van der Waals surface area contributed by atoms with Crippen LogP contribution in [0.25, 0.3) is 0 Å². The van der Waals surface area contributed by atoms with E-state index in [-0.39, 0.29) is 6.61 Å². The van der Waals surface area contributed by atoms with Gasteiger partial charge in [-0.25, -0.2) is 9.59 Å². The number of hydrogen-bond donors (Lipinski definition) is 2. The Bertz CT molecular complexity index is 355. The molecule has 18 heavy (non-hydrogen) atoms. The molecule has 0 saturated carbocycles. The van der Waals surface area contributed by atoms with Crippen LogP contribution in [0.5, 0.6) is 0 Å². The first-order chi connectivity index (χ1) is 8.29. The second kappa shape index (κ2) is 5.51. The van der Waals surface area contributed by atoms with Gasteiger partial charge in [0.25, 0.3) is 4.99 Å². The molecule has 0 aromatic heterocycles. The molecule has 1 heterocycles. The van der Waals surface area contributed by atoms with Gasteiger partial charge in [0.05, 0.1) is 6.61 Å². The number of rotatable bonds is 3. The van der Waals surface area contributed by atoms with E-state index in [0.717, 1.165) is 11.8 Å². The van der Waals surface area contributed by atoms with E-state index in [2.05, 4.69) is 10.6 Å². The first-order valence-electron chi connectivity index (χ1n) is 5.58. The van der Waals surface area contributed by atoms with Gasteiger partial charge in [-0.15, -0.1) is 0 Å². The summed E-state index contributed by atoms with van der Waals surface area (Å²) >= 11 is 1.11. The Morgan fingerprint density at radius 3 is 2.56 bits per heavy atom. The zero-order valence-electron chi connectivity index (χ0n) is 10.9. The molecule has 0 spiro atoms. The Morgan fingerprint density at radius 1 is 1.44 bits per heavy atom. The maximum absolute atomic E-state index is 11.9. The van der Waals surface area contributed by atoms with E-state index in [1.165, 1.54) is 0 Å². The molecule has 102 valence electrons. The minimum Gasteiger partial charge on any atom is -0.462 e. The first-order valence-corrected chi connectivity index (χ1v) is 6.46. The maximum Gasteiger partial charge on any atom is 0.410 e. The van der Waals surface area contributed by atoms with Crippen LogP contribution >= 0.6 is 11.8 Å². The summed E-state index contributed by atoms with van der Waals surface area (Å²) in [7, 11) is 0. The van der Waals surface area contributed by atoms with Gasteiger partial charge >= 0.3 is 12.1 Å². The molecule has 1 rings (SSSR count). The molecule has 0 bridgehead atoms. The second-order valence-electron chi connectivity index (χ2n) is 4.59. The lowest BCUT2D eigenvalue weighted by Gasteiger charge is -2.29. The van der Waals surface area contributed by atoms with Gasteiger partial charge < -0.3 is 14.8 Å². The summed E-state index contributed by atoms with van der Waals surface area (Å²) in [4.78, 5) is 22.2. The summed E-state index contributed by atoms with van der Waals surface area (Å²) in [5, 5.41) is 6.92. The van der Waals surface area contributed by atoms with Gasteiger partial charge in [-0.1, -0.05) is 11.8 Å². The van der Waals surface area contributed by atoms with Crippen LogP contribution in [-0.2, 0) is 14.3 Å². The minimum atomic E-state index is -1.33. The molecule has 0 fully saturated rings. The van der Waals surface area contributed by atoms with E-state index in [4.69, 9.17) is 9.47 Å². The second-order valence-corrected chi connectivity index (χ2v) is 5.71. The summed E-state index contributed by atoms with van der Waals surface area (Å²) in [5.74, 6) is -0.564. The highest BCUT2D eigenvalue weighted by Gasteiger charge is 2.44. The molecular formula is C11H18N2O4S. The predicted molar refractivity (Wildman–Crippen MR) is 68.6 cm³/mol. The van der Waals surface area contributed by atoms with Crippen molar-refractivity contribution >= 4 is 23.8 Å². The van der Waals surface area contributed by atoms with Crippen molar-refractivity contribution in [3.8, 4) is 0 Å². The molecule has 0 aliphatic carbocycles. The van der Waals surface area contributed by atoms with Crippen molar-refractivity contribution in [2.75, 3.05) is 6.61 Å². The lowest BCUT2D eigenvalue weighted by molar-refractivity contribution is -0.147. The average Bonchev–Trinajstić information content (AvgIpc) is 2.64. The molecule has 0 aromatic carbocycles. The van der Waals surface area contributed by atoms with Crippen molar-refractivity contribution in [1.29, 1.82) is 0 Å². The number of hydrogen-bond acceptors (Lipinski definition) is 6. The van der Waals surface area contributed by atoms with Crippen molar-refractivity contribution < 1.29 is 19.1 Å². The fourth-order valence-corrected chi connectivity index (χ4v) is 2.00. The Balaban J connectivity index is 2.69. The van der Waals surface area contributed by atoms with Crippen molar-refractivity contribution in [3.63, 3.8) is 0 Å². The molecule has 6 nitrogen and oxygen atoms in total. The van der Waals surface area contributed by atoms with Gasteiger partial charge in [0, 0.05) is 6.20 Å². The number of nitrogens with one attached hydrogen (secondary N) is 2. The number of ether oxygens (including phenoxy) is 2. The predicted octanol–water partition coefficient (Wildman–Crippen LogP) is 1.54. The topological polar surface area (TPSA) is 76.7 Å². The number of carbonyl (C=O) groups excluding carboxylic acids is 2. The molecule has 7 heteroatoms. The molecule has 0 aromatic rings. The van der Waals surface area contributed by atoms with Crippen molar-refractivity contribution in [2.45, 2.75) is 38.3 Å². The molecule has 1 aliphatic heterocycles. The zero-order chi connectivity index (χ0) is 13.8. The van der Waals surface area contributed by atoms with Gasteiger partial charge in [0.2, 0.25) is 0 Å². The quantitative estimate of drug-likeness (QED) is 0.760. The normalized spacial score (nSPS) is 22.2. The highest BCUT2D eigenvalue weighted by atomic mass is 32.2. The zero-order valence-corrected chi connectivity index (χ0v) is 11.7. The highest BCUT2D eigenvalue weighted by molar-refractivity contribution is 8.04. The highest BCUT2D eigenvalue weighted by Crippen LogP contribution is 2.27. The fourth-order valence-electron chi connectivity index (χ4n) is 1.23. The fraction of sp³-hybridized carbons (Fsp3) is 0.636. The third kappa shape index (κ3) is 3.83. The Morgan fingerprint density at radius 2 is 2.11 bits per heavy atom. The molecule has 0 radical (unpaired) electrons. The monoisotopic (exact) mass is 274 g/mol. The summed E-state index contributed by atoms with van der Waals surface area (Å²) in [5.41, 5.74) is -0.628. The van der Waals surface area contributed by atoms with Gasteiger partial charge in [-0.3, -0.25) is 5.32 Å². The largest absolute Gasteiger partial charge is 0.462 e. The Hall–Kier alpha value is -1.37. The van der Waals surface area contributed by atoms with Crippen LogP contribution in [0.15, 0.2) is 11.6 Å². The van der Waals surface area contributed by atoms with Crippen molar-refractivity contribution in [1.82, 2.24) is 10.6 Å².